The summed E-state index contributed by atoms with van der Waals surface area (Å²) in [6.07, 6.45) is 0.660. The van der Waals surface area contributed by atoms with E-state index in [2.05, 4.69) is 4.99 Å². The highest BCUT2D eigenvalue weighted by Crippen LogP contribution is 2.21. The highest BCUT2D eigenvalue weighted by Gasteiger charge is 2.25. The van der Waals surface area contributed by atoms with Gasteiger partial charge in [0.2, 0.25) is 0 Å². The number of amides is 1. The molecule has 0 radical (unpaired) electrons. The van der Waals surface area contributed by atoms with Crippen molar-refractivity contribution in [3.8, 4) is 0 Å². The van der Waals surface area contributed by atoms with Crippen LogP contribution >= 0.6 is 11.8 Å². The van der Waals surface area contributed by atoms with Crippen molar-refractivity contribution in [3.63, 3.8) is 0 Å². The maximum absolute atomic E-state index is 10.8. The summed E-state index contributed by atoms with van der Waals surface area (Å²) in [5.41, 5.74) is 10.6. The zero-order chi connectivity index (χ0) is 7.56. The molecule has 4 nitrogen and oxygen atoms in total. The molecular weight excluding hydrogens is 150 g/mol. The third-order valence-corrected chi connectivity index (χ3v) is 2.24. The molecule has 5 heteroatoms. The summed E-state index contributed by atoms with van der Waals surface area (Å²) >= 11 is 1.30. The van der Waals surface area contributed by atoms with Crippen LogP contribution in [0, 0.1) is 0 Å². The van der Waals surface area contributed by atoms with E-state index in [0.717, 1.165) is 0 Å². The second kappa shape index (κ2) is 3.03. The first kappa shape index (κ1) is 7.56. The standard InChI is InChI=1S/C5H9N3OS/c6-2-1-3-4(9)8-5(7)10-3/h3H,1-2,6H2,(H2,7,8,9). The lowest BCUT2D eigenvalue weighted by atomic mass is 10.3. The van der Waals surface area contributed by atoms with Crippen molar-refractivity contribution in [2.45, 2.75) is 11.7 Å². The zero-order valence-corrected chi connectivity index (χ0v) is 6.23. The largest absolute Gasteiger partial charge is 0.378 e. The minimum Gasteiger partial charge on any atom is -0.378 e. The Morgan fingerprint density at radius 3 is 2.80 bits per heavy atom. The fourth-order valence-electron chi connectivity index (χ4n) is 0.737. The van der Waals surface area contributed by atoms with Crippen LogP contribution in [0.3, 0.4) is 0 Å². The topological polar surface area (TPSA) is 81.5 Å². The molecule has 56 valence electrons. The number of rotatable bonds is 2. The van der Waals surface area contributed by atoms with E-state index >= 15 is 0 Å². The Bertz CT molecular complexity index is 180. The quantitative estimate of drug-likeness (QED) is 0.557. The van der Waals surface area contributed by atoms with Gasteiger partial charge in [-0.25, -0.2) is 0 Å². The molecule has 1 amide bonds. The van der Waals surface area contributed by atoms with Crippen molar-refractivity contribution in [2.75, 3.05) is 6.54 Å². The molecule has 0 aromatic heterocycles. The van der Waals surface area contributed by atoms with Crippen LogP contribution in [0.25, 0.3) is 0 Å². The van der Waals surface area contributed by atoms with E-state index in [1.165, 1.54) is 11.8 Å². The van der Waals surface area contributed by atoms with Crippen molar-refractivity contribution in [2.24, 2.45) is 16.5 Å². The number of aliphatic imine (C=N–C) groups is 1. The zero-order valence-electron chi connectivity index (χ0n) is 5.41. The molecule has 0 aliphatic carbocycles. The third kappa shape index (κ3) is 1.48. The van der Waals surface area contributed by atoms with Gasteiger partial charge in [-0.15, -0.1) is 0 Å². The first-order chi connectivity index (χ1) is 4.74. The van der Waals surface area contributed by atoms with Gasteiger partial charge >= 0.3 is 0 Å². The van der Waals surface area contributed by atoms with E-state index < -0.39 is 0 Å². The fourth-order valence-corrected chi connectivity index (χ4v) is 1.58. The van der Waals surface area contributed by atoms with Crippen LogP contribution in [0.4, 0.5) is 0 Å². The van der Waals surface area contributed by atoms with Gasteiger partial charge < -0.3 is 11.5 Å². The second-order valence-electron chi connectivity index (χ2n) is 1.97. The van der Waals surface area contributed by atoms with Crippen molar-refractivity contribution >= 4 is 22.8 Å². The number of carbonyl (C=O) groups excluding carboxylic acids is 1. The number of carbonyl (C=O) groups is 1. The van der Waals surface area contributed by atoms with Crippen LogP contribution < -0.4 is 11.5 Å². The molecule has 1 atom stereocenters. The van der Waals surface area contributed by atoms with Gasteiger partial charge in [-0.1, -0.05) is 11.8 Å². The van der Waals surface area contributed by atoms with Crippen LogP contribution in [-0.2, 0) is 4.79 Å². The Hall–Kier alpha value is -0.550. The highest BCUT2D eigenvalue weighted by atomic mass is 32.2. The molecule has 1 aliphatic rings. The SMILES string of the molecule is NCCC1SC(N)=NC1=O. The van der Waals surface area contributed by atoms with Gasteiger partial charge in [0.1, 0.15) is 0 Å². The first-order valence-electron chi connectivity index (χ1n) is 2.99. The normalized spacial score (nSPS) is 25.1. The van der Waals surface area contributed by atoms with Gasteiger partial charge in [0.25, 0.3) is 5.91 Å². The number of amidine groups is 1. The summed E-state index contributed by atoms with van der Waals surface area (Å²) < 4.78 is 0. The molecular formula is C5H9N3OS. The summed E-state index contributed by atoms with van der Waals surface area (Å²) in [7, 11) is 0. The van der Waals surface area contributed by atoms with Crippen LogP contribution in [-0.4, -0.2) is 22.9 Å². The van der Waals surface area contributed by atoms with E-state index in [4.69, 9.17) is 11.5 Å². The molecule has 0 spiro atoms. The van der Waals surface area contributed by atoms with Crippen molar-refractivity contribution in [3.05, 3.63) is 0 Å². The molecule has 0 aromatic carbocycles. The Morgan fingerprint density at radius 2 is 2.40 bits per heavy atom. The minimum atomic E-state index is -0.145. The van der Waals surface area contributed by atoms with Crippen LogP contribution in [0.2, 0.25) is 0 Å². The Labute approximate surface area is 63.1 Å². The predicted molar refractivity (Wildman–Crippen MR) is 41.7 cm³/mol. The second-order valence-corrected chi connectivity index (χ2v) is 3.20. The van der Waals surface area contributed by atoms with E-state index in [1.54, 1.807) is 0 Å². The molecule has 1 unspecified atom stereocenters. The molecule has 1 heterocycles. The van der Waals surface area contributed by atoms with Gasteiger partial charge in [0.05, 0.1) is 5.25 Å². The summed E-state index contributed by atoms with van der Waals surface area (Å²) in [4.78, 5) is 14.4. The van der Waals surface area contributed by atoms with Crippen molar-refractivity contribution < 1.29 is 4.79 Å². The van der Waals surface area contributed by atoms with Gasteiger partial charge in [-0.05, 0) is 13.0 Å². The Kier molecular flexibility index (Phi) is 2.29. The predicted octanol–water partition coefficient (Wildman–Crippen LogP) is -0.708. The number of hydrogen-bond donors (Lipinski definition) is 2. The molecule has 10 heavy (non-hydrogen) atoms. The number of nitrogens with zero attached hydrogens (tertiary/aromatic N) is 1. The van der Waals surface area contributed by atoms with Crippen LogP contribution in [0.5, 0.6) is 0 Å². The molecule has 0 bridgehead atoms. The van der Waals surface area contributed by atoms with Crippen LogP contribution in [0.1, 0.15) is 6.42 Å². The molecule has 0 aromatic rings. The third-order valence-electron chi connectivity index (χ3n) is 1.19. The minimum absolute atomic E-state index is 0.120. The summed E-state index contributed by atoms with van der Waals surface area (Å²) in [6.45, 7) is 0.506. The van der Waals surface area contributed by atoms with Gasteiger partial charge in [0, 0.05) is 0 Å². The molecule has 1 rings (SSSR count). The number of thioether (sulfide) groups is 1. The summed E-state index contributed by atoms with van der Waals surface area (Å²) in [5, 5.41) is 0.244. The molecule has 1 aliphatic heterocycles. The average molecular weight is 159 g/mol. The fraction of sp³-hybridized carbons (Fsp3) is 0.600. The van der Waals surface area contributed by atoms with E-state index in [-0.39, 0.29) is 11.2 Å². The maximum Gasteiger partial charge on any atom is 0.261 e. The van der Waals surface area contributed by atoms with Gasteiger partial charge in [-0.3, -0.25) is 4.79 Å². The van der Waals surface area contributed by atoms with Crippen molar-refractivity contribution in [1.29, 1.82) is 0 Å². The Balaban J connectivity index is 2.47. The van der Waals surface area contributed by atoms with Crippen molar-refractivity contribution in [1.82, 2.24) is 0 Å². The van der Waals surface area contributed by atoms with E-state index in [9.17, 15) is 4.79 Å². The lowest BCUT2D eigenvalue weighted by Crippen LogP contribution is -2.16. The number of nitrogens with two attached hydrogens (primary N) is 2. The van der Waals surface area contributed by atoms with E-state index in [0.29, 0.717) is 18.1 Å². The lowest BCUT2D eigenvalue weighted by molar-refractivity contribution is -0.117. The molecule has 0 saturated carbocycles. The van der Waals surface area contributed by atoms with Gasteiger partial charge in [0.15, 0.2) is 5.17 Å². The van der Waals surface area contributed by atoms with Gasteiger partial charge in [-0.2, -0.15) is 4.99 Å². The maximum atomic E-state index is 10.8. The highest BCUT2D eigenvalue weighted by molar-refractivity contribution is 8.15. The average Bonchev–Trinajstić information content (AvgIpc) is 2.13. The molecule has 0 saturated heterocycles. The Morgan fingerprint density at radius 1 is 1.70 bits per heavy atom. The molecule has 4 N–H and O–H groups in total. The summed E-state index contributed by atoms with van der Waals surface area (Å²) in [5.74, 6) is -0.145. The van der Waals surface area contributed by atoms with Crippen LogP contribution in [0.15, 0.2) is 4.99 Å². The summed E-state index contributed by atoms with van der Waals surface area (Å²) in [6, 6.07) is 0. The number of hydrogen-bond acceptors (Lipinski definition) is 4. The molecule has 0 fully saturated rings. The lowest BCUT2D eigenvalue weighted by Gasteiger charge is -2.00. The van der Waals surface area contributed by atoms with E-state index in [1.807, 2.05) is 0 Å². The first-order valence-corrected chi connectivity index (χ1v) is 3.86. The monoisotopic (exact) mass is 159 g/mol. The smallest absolute Gasteiger partial charge is 0.261 e.